The van der Waals surface area contributed by atoms with Crippen LogP contribution in [-0.4, -0.2) is 24.2 Å². The first-order valence-corrected chi connectivity index (χ1v) is 7.19. The SMILES string of the molecule is Cc1ncsc1CCNC(=O)c1ccc2c(c1)OCO2. The zero-order valence-corrected chi connectivity index (χ0v) is 11.8. The molecule has 104 valence electrons. The highest BCUT2D eigenvalue weighted by molar-refractivity contribution is 7.09. The summed E-state index contributed by atoms with van der Waals surface area (Å²) < 4.78 is 10.5. The van der Waals surface area contributed by atoms with E-state index in [0.717, 1.165) is 12.1 Å². The number of nitrogens with one attached hydrogen (secondary N) is 1. The highest BCUT2D eigenvalue weighted by Crippen LogP contribution is 2.32. The number of fused-ring (bicyclic) bond motifs is 1. The van der Waals surface area contributed by atoms with Gasteiger partial charge in [0, 0.05) is 23.4 Å². The first-order valence-electron chi connectivity index (χ1n) is 6.31. The van der Waals surface area contributed by atoms with Gasteiger partial charge in [-0.3, -0.25) is 4.79 Å². The second-order valence-corrected chi connectivity index (χ2v) is 5.37. The van der Waals surface area contributed by atoms with E-state index >= 15 is 0 Å². The molecule has 1 aliphatic heterocycles. The molecule has 1 aliphatic rings. The summed E-state index contributed by atoms with van der Waals surface area (Å²) in [5, 5.41) is 2.90. The van der Waals surface area contributed by atoms with E-state index < -0.39 is 0 Å². The molecule has 1 amide bonds. The smallest absolute Gasteiger partial charge is 0.251 e. The highest BCUT2D eigenvalue weighted by Gasteiger charge is 2.16. The average Bonchev–Trinajstić information content (AvgIpc) is 3.07. The molecule has 6 heteroatoms. The van der Waals surface area contributed by atoms with Crippen molar-refractivity contribution in [2.45, 2.75) is 13.3 Å². The quantitative estimate of drug-likeness (QED) is 0.937. The van der Waals surface area contributed by atoms with E-state index in [0.29, 0.717) is 23.6 Å². The van der Waals surface area contributed by atoms with Crippen molar-refractivity contribution in [2.24, 2.45) is 0 Å². The molecule has 3 rings (SSSR count). The molecule has 0 fully saturated rings. The van der Waals surface area contributed by atoms with Gasteiger partial charge in [-0.1, -0.05) is 0 Å². The van der Waals surface area contributed by atoms with Crippen molar-refractivity contribution in [3.63, 3.8) is 0 Å². The molecule has 0 atom stereocenters. The monoisotopic (exact) mass is 290 g/mol. The van der Waals surface area contributed by atoms with Gasteiger partial charge in [-0.25, -0.2) is 4.98 Å². The van der Waals surface area contributed by atoms with Gasteiger partial charge >= 0.3 is 0 Å². The van der Waals surface area contributed by atoms with Crippen molar-refractivity contribution >= 4 is 17.2 Å². The van der Waals surface area contributed by atoms with Crippen LogP contribution in [-0.2, 0) is 6.42 Å². The lowest BCUT2D eigenvalue weighted by Crippen LogP contribution is -2.25. The summed E-state index contributed by atoms with van der Waals surface area (Å²) in [6, 6.07) is 5.20. The lowest BCUT2D eigenvalue weighted by Gasteiger charge is -2.05. The first kappa shape index (κ1) is 12.9. The zero-order valence-electron chi connectivity index (χ0n) is 11.0. The van der Waals surface area contributed by atoms with Gasteiger partial charge in [0.15, 0.2) is 11.5 Å². The van der Waals surface area contributed by atoms with Crippen molar-refractivity contribution < 1.29 is 14.3 Å². The van der Waals surface area contributed by atoms with E-state index in [2.05, 4.69) is 10.3 Å². The second kappa shape index (κ2) is 5.50. The lowest BCUT2D eigenvalue weighted by atomic mass is 10.2. The third-order valence-electron chi connectivity index (χ3n) is 3.12. The van der Waals surface area contributed by atoms with Gasteiger partial charge in [0.05, 0.1) is 11.2 Å². The molecule has 2 heterocycles. The van der Waals surface area contributed by atoms with Gasteiger partial charge in [-0.05, 0) is 25.1 Å². The number of rotatable bonds is 4. The molecule has 0 spiro atoms. The molecule has 0 unspecified atom stereocenters. The van der Waals surface area contributed by atoms with Gasteiger partial charge < -0.3 is 14.8 Å². The minimum atomic E-state index is -0.106. The molecule has 0 saturated heterocycles. The van der Waals surface area contributed by atoms with E-state index in [4.69, 9.17) is 9.47 Å². The third kappa shape index (κ3) is 2.60. The van der Waals surface area contributed by atoms with E-state index in [-0.39, 0.29) is 12.7 Å². The molecule has 5 nitrogen and oxygen atoms in total. The number of hydrogen-bond acceptors (Lipinski definition) is 5. The molecule has 0 aliphatic carbocycles. The van der Waals surface area contributed by atoms with Crippen LogP contribution in [0.4, 0.5) is 0 Å². The zero-order chi connectivity index (χ0) is 13.9. The van der Waals surface area contributed by atoms with Crippen LogP contribution in [0.25, 0.3) is 0 Å². The molecular weight excluding hydrogens is 276 g/mol. The summed E-state index contributed by atoms with van der Waals surface area (Å²) in [7, 11) is 0. The maximum absolute atomic E-state index is 12.0. The van der Waals surface area contributed by atoms with Crippen LogP contribution >= 0.6 is 11.3 Å². The normalized spacial score (nSPS) is 12.4. The van der Waals surface area contributed by atoms with Crippen molar-refractivity contribution in [1.82, 2.24) is 10.3 Å². The van der Waals surface area contributed by atoms with Gasteiger partial charge in [0.25, 0.3) is 5.91 Å². The summed E-state index contributed by atoms with van der Waals surface area (Å²) in [5.41, 5.74) is 3.44. The van der Waals surface area contributed by atoms with Crippen LogP contribution in [0, 0.1) is 6.92 Å². The van der Waals surface area contributed by atoms with Crippen molar-refractivity contribution in [3.05, 3.63) is 39.8 Å². The fourth-order valence-electron chi connectivity index (χ4n) is 2.00. The predicted octanol–water partition coefficient (Wildman–Crippen LogP) is 2.15. The number of aryl methyl sites for hydroxylation is 1. The van der Waals surface area contributed by atoms with Crippen molar-refractivity contribution in [2.75, 3.05) is 13.3 Å². The van der Waals surface area contributed by atoms with E-state index in [1.807, 2.05) is 12.4 Å². The van der Waals surface area contributed by atoms with Crippen molar-refractivity contribution in [1.29, 1.82) is 0 Å². The van der Waals surface area contributed by atoms with Crippen molar-refractivity contribution in [3.8, 4) is 11.5 Å². The van der Waals surface area contributed by atoms with Gasteiger partial charge in [0.2, 0.25) is 6.79 Å². The van der Waals surface area contributed by atoms with Crippen LogP contribution in [0.1, 0.15) is 20.9 Å². The van der Waals surface area contributed by atoms with E-state index in [1.54, 1.807) is 29.5 Å². The number of hydrogen-bond donors (Lipinski definition) is 1. The number of aromatic nitrogens is 1. The summed E-state index contributed by atoms with van der Waals surface area (Å²) in [6.07, 6.45) is 0.798. The molecule has 1 aromatic heterocycles. The Bertz CT molecular complexity index is 639. The standard InChI is InChI=1S/C14H14N2O3S/c1-9-13(20-7-16-9)4-5-15-14(17)10-2-3-11-12(6-10)19-8-18-11/h2-3,6-7H,4-5,8H2,1H3,(H,15,17). The molecular formula is C14H14N2O3S. The highest BCUT2D eigenvalue weighted by atomic mass is 32.1. The number of benzene rings is 1. The number of ether oxygens (including phenoxy) is 2. The summed E-state index contributed by atoms with van der Waals surface area (Å²) in [4.78, 5) is 17.4. The molecule has 0 radical (unpaired) electrons. The number of carbonyl (C=O) groups is 1. The molecule has 1 aromatic carbocycles. The van der Waals surface area contributed by atoms with Gasteiger partial charge in [-0.2, -0.15) is 0 Å². The number of carbonyl (C=O) groups excluding carboxylic acids is 1. The number of amides is 1. The molecule has 0 saturated carbocycles. The Balaban J connectivity index is 1.58. The fourth-order valence-corrected chi connectivity index (χ4v) is 2.78. The Morgan fingerprint density at radius 3 is 3.05 bits per heavy atom. The maximum Gasteiger partial charge on any atom is 0.251 e. The third-order valence-corrected chi connectivity index (χ3v) is 4.11. The van der Waals surface area contributed by atoms with E-state index in [1.165, 1.54) is 4.88 Å². The largest absolute Gasteiger partial charge is 0.454 e. The molecule has 2 aromatic rings. The Kier molecular flexibility index (Phi) is 3.56. The van der Waals surface area contributed by atoms with Crippen LogP contribution in [0.5, 0.6) is 11.5 Å². The Morgan fingerprint density at radius 2 is 2.25 bits per heavy atom. The van der Waals surface area contributed by atoms with Crippen LogP contribution in [0.15, 0.2) is 23.7 Å². The Morgan fingerprint density at radius 1 is 1.40 bits per heavy atom. The lowest BCUT2D eigenvalue weighted by molar-refractivity contribution is 0.0953. The number of thiazole rings is 1. The predicted molar refractivity (Wildman–Crippen MR) is 75.5 cm³/mol. The first-order chi connectivity index (χ1) is 9.74. The minimum absolute atomic E-state index is 0.106. The molecule has 20 heavy (non-hydrogen) atoms. The minimum Gasteiger partial charge on any atom is -0.454 e. The summed E-state index contributed by atoms with van der Waals surface area (Å²) in [5.74, 6) is 1.20. The van der Waals surface area contributed by atoms with Crippen LogP contribution in [0.3, 0.4) is 0 Å². The van der Waals surface area contributed by atoms with Crippen LogP contribution in [0.2, 0.25) is 0 Å². The Hall–Kier alpha value is -2.08. The maximum atomic E-state index is 12.0. The summed E-state index contributed by atoms with van der Waals surface area (Å²) >= 11 is 1.61. The Labute approximate surface area is 120 Å². The van der Waals surface area contributed by atoms with Gasteiger partial charge in [-0.15, -0.1) is 11.3 Å². The molecule has 1 N–H and O–H groups in total. The average molecular weight is 290 g/mol. The fraction of sp³-hybridized carbons (Fsp3) is 0.286. The second-order valence-electron chi connectivity index (χ2n) is 4.43. The summed E-state index contributed by atoms with van der Waals surface area (Å²) in [6.45, 7) is 2.78. The van der Waals surface area contributed by atoms with Crippen LogP contribution < -0.4 is 14.8 Å². The number of nitrogens with zero attached hydrogens (tertiary/aromatic N) is 1. The van der Waals surface area contributed by atoms with E-state index in [9.17, 15) is 4.79 Å². The topological polar surface area (TPSA) is 60.5 Å². The van der Waals surface area contributed by atoms with Gasteiger partial charge in [0.1, 0.15) is 0 Å². The molecule has 0 bridgehead atoms.